The third-order valence-corrected chi connectivity index (χ3v) is 5.71. The molecule has 1 amide bonds. The molecule has 1 aromatic heterocycles. The fourth-order valence-corrected chi connectivity index (χ4v) is 3.98. The Morgan fingerprint density at radius 1 is 1.21 bits per heavy atom. The summed E-state index contributed by atoms with van der Waals surface area (Å²) in [4.78, 5) is 32.2. The van der Waals surface area contributed by atoms with Gasteiger partial charge in [0.25, 0.3) is 5.91 Å². The number of nitrogens with zero attached hydrogens (tertiary/aromatic N) is 2. The lowest BCUT2D eigenvalue weighted by Gasteiger charge is -2.26. The van der Waals surface area contributed by atoms with E-state index in [-0.39, 0.29) is 25.9 Å². The van der Waals surface area contributed by atoms with Crippen molar-refractivity contribution >= 4 is 28.9 Å². The molecule has 0 bridgehead atoms. The number of carbonyl (C=O) groups is 2. The molecule has 0 atom stereocenters. The maximum absolute atomic E-state index is 12.3. The zero-order valence-electron chi connectivity index (χ0n) is 15.9. The normalized spacial score (nSPS) is 15.1. The van der Waals surface area contributed by atoms with Crippen LogP contribution < -0.4 is 9.47 Å². The minimum Gasteiger partial charge on any atom is -0.454 e. The van der Waals surface area contributed by atoms with Gasteiger partial charge < -0.3 is 23.9 Å². The van der Waals surface area contributed by atoms with Crippen molar-refractivity contribution in [3.05, 3.63) is 45.6 Å². The number of benzene rings is 1. The molecule has 2 aliphatic heterocycles. The van der Waals surface area contributed by atoms with E-state index in [1.54, 1.807) is 35.3 Å². The summed E-state index contributed by atoms with van der Waals surface area (Å²) in [5.41, 5.74) is 2.53. The second-order valence-electron chi connectivity index (χ2n) is 6.61. The molecule has 2 aromatic rings. The number of amides is 1. The van der Waals surface area contributed by atoms with Gasteiger partial charge >= 0.3 is 5.97 Å². The van der Waals surface area contributed by atoms with E-state index in [4.69, 9.17) is 19.0 Å². The number of oxime groups is 1. The van der Waals surface area contributed by atoms with Crippen LogP contribution in [0.25, 0.3) is 0 Å². The van der Waals surface area contributed by atoms with Crippen LogP contribution in [0.5, 0.6) is 11.5 Å². The number of hydrogen-bond acceptors (Lipinski definition) is 8. The molecule has 0 saturated heterocycles. The summed E-state index contributed by atoms with van der Waals surface area (Å²) in [7, 11) is 0. The van der Waals surface area contributed by atoms with Crippen molar-refractivity contribution in [1.29, 1.82) is 0 Å². The predicted octanol–water partition coefficient (Wildman–Crippen LogP) is 2.35. The number of ether oxygens (including phenoxy) is 3. The van der Waals surface area contributed by atoms with Crippen LogP contribution in [0.3, 0.4) is 0 Å². The predicted molar refractivity (Wildman–Crippen MR) is 105 cm³/mol. The molecular weight excluding hydrogens is 396 g/mol. The molecule has 4 rings (SSSR count). The second-order valence-corrected chi connectivity index (χ2v) is 7.61. The van der Waals surface area contributed by atoms with Crippen LogP contribution in [-0.2, 0) is 32.1 Å². The zero-order valence-corrected chi connectivity index (χ0v) is 16.7. The quantitative estimate of drug-likeness (QED) is 0.408. The summed E-state index contributed by atoms with van der Waals surface area (Å²) in [5.74, 6) is 0.464. The Morgan fingerprint density at radius 3 is 2.97 bits per heavy atom. The molecule has 0 aliphatic carbocycles. The lowest BCUT2D eigenvalue weighted by atomic mass is 10.1. The lowest BCUT2D eigenvalue weighted by Crippen LogP contribution is -2.38. The number of hydrogen-bond donors (Lipinski definition) is 0. The number of esters is 1. The molecule has 0 saturated carbocycles. The molecule has 0 N–H and O–H groups in total. The van der Waals surface area contributed by atoms with Crippen molar-refractivity contribution in [3.63, 3.8) is 0 Å². The van der Waals surface area contributed by atoms with Crippen LogP contribution in [0.1, 0.15) is 22.9 Å². The first-order valence-electron chi connectivity index (χ1n) is 9.15. The maximum Gasteiger partial charge on any atom is 0.347 e. The smallest absolute Gasteiger partial charge is 0.347 e. The molecule has 29 heavy (non-hydrogen) atoms. The van der Waals surface area contributed by atoms with E-state index >= 15 is 0 Å². The highest BCUT2D eigenvalue weighted by Gasteiger charge is 2.22. The molecule has 0 radical (unpaired) electrons. The highest BCUT2D eigenvalue weighted by atomic mass is 32.1. The SMILES string of the molecule is C/C(=N\OCC(=O)OCC(=O)N1CCc2sccc2C1)c1ccc2c(c1)OCO2. The van der Waals surface area contributed by atoms with Crippen LogP contribution in [0.4, 0.5) is 0 Å². The van der Waals surface area contributed by atoms with Crippen molar-refractivity contribution < 1.29 is 28.6 Å². The maximum atomic E-state index is 12.3. The van der Waals surface area contributed by atoms with E-state index in [1.807, 2.05) is 17.5 Å². The van der Waals surface area contributed by atoms with E-state index in [0.717, 1.165) is 17.5 Å². The number of fused-ring (bicyclic) bond motifs is 2. The van der Waals surface area contributed by atoms with Crippen molar-refractivity contribution in [2.75, 3.05) is 26.6 Å². The average molecular weight is 416 g/mol. The molecule has 2 aliphatic rings. The Balaban J connectivity index is 1.21. The lowest BCUT2D eigenvalue weighted by molar-refractivity contribution is -0.156. The van der Waals surface area contributed by atoms with Gasteiger partial charge in [0, 0.05) is 23.5 Å². The summed E-state index contributed by atoms with van der Waals surface area (Å²) >= 11 is 1.71. The minimum absolute atomic E-state index is 0.196. The van der Waals surface area contributed by atoms with Crippen molar-refractivity contribution in [1.82, 2.24) is 4.90 Å². The van der Waals surface area contributed by atoms with E-state index < -0.39 is 5.97 Å². The van der Waals surface area contributed by atoms with Gasteiger partial charge in [0.15, 0.2) is 18.1 Å². The summed E-state index contributed by atoms with van der Waals surface area (Å²) in [6.45, 7) is 2.48. The summed E-state index contributed by atoms with van der Waals surface area (Å²) < 4.78 is 15.6. The fourth-order valence-electron chi connectivity index (χ4n) is 3.09. The third kappa shape index (κ3) is 4.51. The second kappa shape index (κ2) is 8.52. The molecule has 152 valence electrons. The summed E-state index contributed by atoms with van der Waals surface area (Å²) in [5, 5.41) is 5.95. The van der Waals surface area contributed by atoms with Gasteiger partial charge in [-0.05, 0) is 48.6 Å². The fraction of sp³-hybridized carbons (Fsp3) is 0.350. The third-order valence-electron chi connectivity index (χ3n) is 4.69. The highest BCUT2D eigenvalue weighted by molar-refractivity contribution is 7.10. The van der Waals surface area contributed by atoms with Crippen LogP contribution >= 0.6 is 11.3 Å². The number of carbonyl (C=O) groups excluding carboxylic acids is 2. The Kier molecular flexibility index (Phi) is 5.66. The molecule has 3 heterocycles. The van der Waals surface area contributed by atoms with E-state index in [9.17, 15) is 9.59 Å². The largest absolute Gasteiger partial charge is 0.454 e. The molecule has 8 nitrogen and oxygen atoms in total. The van der Waals surface area contributed by atoms with Gasteiger partial charge in [-0.15, -0.1) is 11.3 Å². The number of thiophene rings is 1. The van der Waals surface area contributed by atoms with Crippen LogP contribution in [0.15, 0.2) is 34.8 Å². The minimum atomic E-state index is -0.645. The molecule has 0 spiro atoms. The highest BCUT2D eigenvalue weighted by Crippen LogP contribution is 2.32. The Morgan fingerprint density at radius 2 is 2.07 bits per heavy atom. The first kappa shape index (κ1) is 19.3. The van der Waals surface area contributed by atoms with Gasteiger partial charge in [0.2, 0.25) is 13.4 Å². The summed E-state index contributed by atoms with van der Waals surface area (Å²) in [6.07, 6.45) is 0.837. The topological polar surface area (TPSA) is 86.7 Å². The Bertz CT molecular complexity index is 954. The molecule has 0 unspecified atom stereocenters. The average Bonchev–Trinajstić information content (AvgIpc) is 3.39. The van der Waals surface area contributed by atoms with Crippen molar-refractivity contribution in [3.8, 4) is 11.5 Å². The van der Waals surface area contributed by atoms with Gasteiger partial charge in [0.1, 0.15) is 0 Å². The van der Waals surface area contributed by atoms with Crippen molar-refractivity contribution in [2.24, 2.45) is 5.16 Å². The molecule has 0 fully saturated rings. The first-order chi connectivity index (χ1) is 14.1. The van der Waals surface area contributed by atoms with E-state index in [2.05, 4.69) is 5.16 Å². The van der Waals surface area contributed by atoms with Gasteiger partial charge in [-0.1, -0.05) is 5.16 Å². The Hall–Kier alpha value is -3.07. The molecular formula is C20H20N2O6S. The molecule has 1 aromatic carbocycles. The standard InChI is InChI=1S/C20H20N2O6S/c1-13(14-2-3-16-17(8-14)27-12-26-16)21-28-11-20(24)25-10-19(23)22-6-4-18-15(9-22)5-7-29-18/h2-3,5,7-8H,4,6,9-12H2,1H3/b21-13+. The van der Waals surface area contributed by atoms with Crippen molar-refractivity contribution in [2.45, 2.75) is 19.9 Å². The first-order valence-corrected chi connectivity index (χ1v) is 10.0. The van der Waals surface area contributed by atoms with E-state index in [1.165, 1.54) is 4.88 Å². The zero-order chi connectivity index (χ0) is 20.2. The van der Waals surface area contributed by atoms with Gasteiger partial charge in [-0.2, -0.15) is 0 Å². The van der Waals surface area contributed by atoms with Gasteiger partial charge in [-0.3, -0.25) is 4.79 Å². The Labute approximate surface area is 171 Å². The van der Waals surface area contributed by atoms with E-state index in [0.29, 0.717) is 30.3 Å². The van der Waals surface area contributed by atoms with Crippen LogP contribution in [0.2, 0.25) is 0 Å². The number of rotatable bonds is 6. The van der Waals surface area contributed by atoms with Crippen LogP contribution in [-0.4, -0.2) is 49.0 Å². The van der Waals surface area contributed by atoms with Gasteiger partial charge in [0.05, 0.1) is 5.71 Å². The monoisotopic (exact) mass is 416 g/mol. The van der Waals surface area contributed by atoms with Crippen LogP contribution in [0, 0.1) is 0 Å². The van der Waals surface area contributed by atoms with Gasteiger partial charge in [-0.25, -0.2) is 4.79 Å². The molecule has 9 heteroatoms. The summed E-state index contributed by atoms with van der Waals surface area (Å²) in [6, 6.07) is 7.43.